The van der Waals surface area contributed by atoms with Gasteiger partial charge in [-0.15, -0.1) is 0 Å². The van der Waals surface area contributed by atoms with E-state index in [1.165, 1.54) is 18.2 Å². The zero-order valence-corrected chi connectivity index (χ0v) is 14.4. The van der Waals surface area contributed by atoms with Gasteiger partial charge in [-0.25, -0.2) is 17.2 Å². The summed E-state index contributed by atoms with van der Waals surface area (Å²) in [6.07, 6.45) is 0.895. The van der Waals surface area contributed by atoms with Crippen LogP contribution in [0.4, 0.5) is 14.5 Å². The van der Waals surface area contributed by atoms with E-state index in [1.807, 2.05) is 0 Å². The lowest BCUT2D eigenvalue weighted by atomic mass is 10.2. The highest BCUT2D eigenvalue weighted by atomic mass is 32.2. The number of carbonyl (C=O) groups is 1. The average Bonchev–Trinajstić information content (AvgIpc) is 2.55. The molecule has 2 rings (SSSR count). The molecule has 8 heteroatoms. The van der Waals surface area contributed by atoms with Crippen molar-refractivity contribution in [1.29, 1.82) is 0 Å². The Balaban J connectivity index is 1.97. The van der Waals surface area contributed by atoms with E-state index >= 15 is 0 Å². The summed E-state index contributed by atoms with van der Waals surface area (Å²) in [5.74, 6) is -1.33. The van der Waals surface area contributed by atoms with Crippen molar-refractivity contribution in [3.8, 4) is 0 Å². The molecule has 0 aliphatic rings. The largest absolute Gasteiger partial charge is 0.352 e. The number of amides is 1. The molecule has 0 saturated carbocycles. The highest BCUT2D eigenvalue weighted by Crippen LogP contribution is 2.18. The summed E-state index contributed by atoms with van der Waals surface area (Å²) in [6.45, 7) is -0.0888. The summed E-state index contributed by atoms with van der Waals surface area (Å²) in [5, 5.41) is 2.55. The highest BCUT2D eigenvalue weighted by Gasteiger charge is 2.18. The van der Waals surface area contributed by atoms with E-state index in [0.717, 1.165) is 22.7 Å². The van der Waals surface area contributed by atoms with E-state index in [-0.39, 0.29) is 25.2 Å². The van der Waals surface area contributed by atoms with Gasteiger partial charge in [-0.05, 0) is 30.3 Å². The molecular formula is C17H18F2N2O3S. The maximum atomic E-state index is 13.5. The summed E-state index contributed by atoms with van der Waals surface area (Å²) < 4.78 is 51.3. The first-order valence-electron chi connectivity index (χ1n) is 7.51. The van der Waals surface area contributed by atoms with Gasteiger partial charge in [-0.2, -0.15) is 0 Å². The van der Waals surface area contributed by atoms with Crippen LogP contribution >= 0.6 is 0 Å². The molecule has 5 nitrogen and oxygen atoms in total. The Morgan fingerprint density at radius 1 is 1.08 bits per heavy atom. The second-order valence-electron chi connectivity index (χ2n) is 5.43. The first-order chi connectivity index (χ1) is 11.8. The molecular weight excluding hydrogens is 350 g/mol. The second-order valence-corrected chi connectivity index (χ2v) is 7.34. The molecule has 0 radical (unpaired) electrons. The molecule has 1 N–H and O–H groups in total. The van der Waals surface area contributed by atoms with Gasteiger partial charge in [0.2, 0.25) is 15.9 Å². The van der Waals surface area contributed by atoms with Gasteiger partial charge in [-0.3, -0.25) is 9.10 Å². The lowest BCUT2D eigenvalue weighted by Gasteiger charge is -2.22. The van der Waals surface area contributed by atoms with Crippen LogP contribution in [0.1, 0.15) is 12.0 Å². The number of nitrogens with one attached hydrogen (secondary N) is 1. The zero-order chi connectivity index (χ0) is 18.4. The van der Waals surface area contributed by atoms with Crippen molar-refractivity contribution in [3.63, 3.8) is 0 Å². The molecule has 0 spiro atoms. The molecule has 0 aliphatic heterocycles. The Morgan fingerprint density at radius 2 is 1.72 bits per heavy atom. The molecule has 0 saturated heterocycles. The van der Waals surface area contributed by atoms with Crippen LogP contribution in [0.25, 0.3) is 0 Å². The number of anilines is 1. The highest BCUT2D eigenvalue weighted by molar-refractivity contribution is 7.92. The van der Waals surface area contributed by atoms with Gasteiger partial charge in [0.1, 0.15) is 11.6 Å². The Bertz CT molecular complexity index is 839. The maximum Gasteiger partial charge on any atom is 0.232 e. The minimum Gasteiger partial charge on any atom is -0.352 e. The molecule has 0 aliphatic carbocycles. The van der Waals surface area contributed by atoms with E-state index in [2.05, 4.69) is 5.32 Å². The molecule has 0 fully saturated rings. The number of nitrogens with zero attached hydrogens (tertiary/aromatic N) is 1. The number of halogens is 2. The van der Waals surface area contributed by atoms with Crippen LogP contribution in [0.5, 0.6) is 0 Å². The molecule has 0 aromatic heterocycles. The van der Waals surface area contributed by atoms with E-state index in [1.54, 1.807) is 18.2 Å². The monoisotopic (exact) mass is 368 g/mol. The number of hydrogen-bond donors (Lipinski definition) is 1. The topological polar surface area (TPSA) is 66.5 Å². The molecule has 2 aromatic carbocycles. The summed E-state index contributed by atoms with van der Waals surface area (Å²) in [4.78, 5) is 11.9. The number of hydrogen-bond acceptors (Lipinski definition) is 3. The van der Waals surface area contributed by atoms with Crippen molar-refractivity contribution in [2.75, 3.05) is 17.1 Å². The van der Waals surface area contributed by atoms with Crippen molar-refractivity contribution < 1.29 is 22.0 Å². The van der Waals surface area contributed by atoms with Crippen LogP contribution in [0.3, 0.4) is 0 Å². The number of carbonyl (C=O) groups excluding carboxylic acids is 1. The van der Waals surface area contributed by atoms with E-state index in [9.17, 15) is 22.0 Å². The summed E-state index contributed by atoms with van der Waals surface area (Å²) in [6, 6.07) is 11.0. The van der Waals surface area contributed by atoms with Crippen molar-refractivity contribution in [3.05, 3.63) is 65.7 Å². The molecule has 0 unspecified atom stereocenters. The predicted octanol–water partition coefficient (Wildman–Crippen LogP) is 2.44. The van der Waals surface area contributed by atoms with Crippen LogP contribution in [0.15, 0.2) is 48.5 Å². The van der Waals surface area contributed by atoms with Crippen LogP contribution in [-0.4, -0.2) is 27.1 Å². The fraction of sp³-hybridized carbons (Fsp3) is 0.235. The third-order valence-electron chi connectivity index (χ3n) is 3.49. The molecule has 0 heterocycles. The fourth-order valence-electron chi connectivity index (χ4n) is 2.22. The Morgan fingerprint density at radius 3 is 2.32 bits per heavy atom. The third-order valence-corrected chi connectivity index (χ3v) is 4.68. The SMILES string of the molecule is CS(=O)(=O)N(CCC(=O)NCc1ccccc1F)c1ccc(F)cc1. The predicted molar refractivity (Wildman–Crippen MR) is 91.5 cm³/mol. The lowest BCUT2D eigenvalue weighted by Crippen LogP contribution is -2.34. The van der Waals surface area contributed by atoms with E-state index in [4.69, 9.17) is 0 Å². The van der Waals surface area contributed by atoms with Crippen molar-refractivity contribution >= 4 is 21.6 Å². The van der Waals surface area contributed by atoms with Crippen LogP contribution < -0.4 is 9.62 Å². The van der Waals surface area contributed by atoms with Gasteiger partial charge in [0.05, 0.1) is 11.9 Å². The smallest absolute Gasteiger partial charge is 0.232 e. The molecule has 0 atom stereocenters. The summed E-state index contributed by atoms with van der Waals surface area (Å²) in [5.41, 5.74) is 0.611. The first kappa shape index (κ1) is 18.9. The van der Waals surface area contributed by atoms with E-state index in [0.29, 0.717) is 5.56 Å². The van der Waals surface area contributed by atoms with Gasteiger partial charge >= 0.3 is 0 Å². The Kier molecular flexibility index (Phi) is 6.08. The first-order valence-corrected chi connectivity index (χ1v) is 9.35. The number of benzene rings is 2. The van der Waals surface area contributed by atoms with E-state index < -0.39 is 27.6 Å². The molecule has 134 valence electrons. The van der Waals surface area contributed by atoms with Gasteiger partial charge in [0.15, 0.2) is 0 Å². The standard InChI is InChI=1S/C17H18F2N2O3S/c1-25(23,24)21(15-8-6-14(18)7-9-15)11-10-17(22)20-12-13-4-2-3-5-16(13)19/h2-9H,10-12H2,1H3,(H,20,22). The zero-order valence-electron chi connectivity index (χ0n) is 13.6. The fourth-order valence-corrected chi connectivity index (χ4v) is 3.15. The summed E-state index contributed by atoms with van der Waals surface area (Å²) >= 11 is 0. The van der Waals surface area contributed by atoms with Gasteiger partial charge < -0.3 is 5.32 Å². The lowest BCUT2D eigenvalue weighted by molar-refractivity contribution is -0.121. The Labute approximate surface area is 145 Å². The molecule has 1 amide bonds. The second kappa shape index (κ2) is 8.06. The molecule has 0 bridgehead atoms. The molecule has 2 aromatic rings. The quantitative estimate of drug-likeness (QED) is 0.816. The minimum atomic E-state index is -3.63. The van der Waals surface area contributed by atoms with Gasteiger partial charge in [0, 0.05) is 25.1 Å². The van der Waals surface area contributed by atoms with Crippen LogP contribution in [0.2, 0.25) is 0 Å². The van der Waals surface area contributed by atoms with Gasteiger partial charge in [-0.1, -0.05) is 18.2 Å². The van der Waals surface area contributed by atoms with Crippen molar-refractivity contribution in [2.45, 2.75) is 13.0 Å². The Hall–Kier alpha value is -2.48. The van der Waals surface area contributed by atoms with Crippen molar-refractivity contribution in [2.24, 2.45) is 0 Å². The average molecular weight is 368 g/mol. The van der Waals surface area contributed by atoms with Crippen LogP contribution in [-0.2, 0) is 21.4 Å². The maximum absolute atomic E-state index is 13.5. The number of rotatable bonds is 7. The minimum absolute atomic E-state index is 0.0148. The van der Waals surface area contributed by atoms with Gasteiger partial charge in [0.25, 0.3) is 0 Å². The van der Waals surface area contributed by atoms with Crippen molar-refractivity contribution in [1.82, 2.24) is 5.32 Å². The number of sulfonamides is 1. The molecule has 25 heavy (non-hydrogen) atoms. The third kappa shape index (κ3) is 5.53. The van der Waals surface area contributed by atoms with Crippen LogP contribution in [0, 0.1) is 11.6 Å². The normalized spacial score (nSPS) is 11.2. The summed E-state index contributed by atoms with van der Waals surface area (Å²) in [7, 11) is -3.63.